The monoisotopic (exact) mass is 319 g/mol. The molecule has 2 rings (SSSR count). The minimum absolute atomic E-state index is 0.182. The second-order valence-corrected chi connectivity index (χ2v) is 7.15. The van der Waals surface area contributed by atoms with Crippen molar-refractivity contribution >= 4 is 21.6 Å². The summed E-state index contributed by atoms with van der Waals surface area (Å²) < 4.78 is 32.8. The third-order valence-electron chi connectivity index (χ3n) is 3.53. The molecule has 0 bridgehead atoms. The number of sulfonamides is 1. The molecule has 0 aromatic heterocycles. The maximum absolute atomic E-state index is 12.5. The van der Waals surface area contributed by atoms with E-state index in [0.717, 1.165) is 0 Å². The van der Waals surface area contributed by atoms with Gasteiger partial charge < -0.3 is 9.84 Å². The normalized spacial score (nSPS) is 18.9. The molecule has 5 nitrogen and oxygen atoms in total. The van der Waals surface area contributed by atoms with Gasteiger partial charge in [0.25, 0.3) is 0 Å². The first-order valence-electron chi connectivity index (χ1n) is 6.37. The Morgan fingerprint density at radius 2 is 2.05 bits per heavy atom. The molecule has 20 heavy (non-hydrogen) atoms. The zero-order valence-corrected chi connectivity index (χ0v) is 12.8. The van der Waals surface area contributed by atoms with Gasteiger partial charge in [-0.15, -0.1) is 0 Å². The van der Waals surface area contributed by atoms with E-state index in [1.165, 1.54) is 6.07 Å². The predicted octanol–water partition coefficient (Wildman–Crippen LogP) is 1.47. The summed E-state index contributed by atoms with van der Waals surface area (Å²) in [6, 6.07) is 4.62. The summed E-state index contributed by atoms with van der Waals surface area (Å²) in [4.78, 5) is 0.182. The van der Waals surface area contributed by atoms with E-state index in [4.69, 9.17) is 16.3 Å². The van der Waals surface area contributed by atoms with Crippen LogP contribution in [0.5, 0.6) is 0 Å². The first-order valence-corrected chi connectivity index (χ1v) is 8.23. The highest BCUT2D eigenvalue weighted by Gasteiger charge is 2.36. The molecule has 1 heterocycles. The fourth-order valence-corrected chi connectivity index (χ4v) is 4.21. The van der Waals surface area contributed by atoms with Gasteiger partial charge >= 0.3 is 0 Å². The average molecular weight is 320 g/mol. The molecule has 7 heteroatoms. The Hall–Kier alpha value is -0.660. The Labute approximate surface area is 124 Å². The van der Waals surface area contributed by atoms with Gasteiger partial charge in [-0.25, -0.2) is 13.1 Å². The Bertz CT molecular complexity index is 582. The molecule has 0 unspecified atom stereocenters. The molecule has 1 aromatic carbocycles. The number of halogens is 1. The van der Waals surface area contributed by atoms with E-state index in [2.05, 4.69) is 4.72 Å². The third kappa shape index (κ3) is 3.32. The molecule has 0 spiro atoms. The van der Waals surface area contributed by atoms with Crippen LogP contribution in [0.1, 0.15) is 18.4 Å². The molecular formula is C13H18ClNO4S. The van der Waals surface area contributed by atoms with Crippen molar-refractivity contribution in [1.82, 2.24) is 4.72 Å². The van der Waals surface area contributed by atoms with Crippen molar-refractivity contribution in [3.05, 3.63) is 28.8 Å². The van der Waals surface area contributed by atoms with Crippen LogP contribution >= 0.6 is 11.6 Å². The van der Waals surface area contributed by atoms with Crippen LogP contribution in [-0.4, -0.2) is 38.9 Å². The van der Waals surface area contributed by atoms with E-state index in [1.807, 2.05) is 0 Å². The van der Waals surface area contributed by atoms with E-state index in [9.17, 15) is 13.5 Å². The van der Waals surface area contributed by atoms with Gasteiger partial charge in [-0.3, -0.25) is 0 Å². The molecule has 0 aliphatic carbocycles. The Morgan fingerprint density at radius 1 is 1.40 bits per heavy atom. The van der Waals surface area contributed by atoms with Crippen molar-refractivity contribution in [2.24, 2.45) is 0 Å². The number of ether oxygens (including phenoxy) is 1. The second kappa shape index (κ2) is 5.99. The number of nitrogens with one attached hydrogen (secondary N) is 1. The third-order valence-corrected chi connectivity index (χ3v) is 5.50. The molecule has 1 aliphatic heterocycles. The van der Waals surface area contributed by atoms with Gasteiger partial charge in [0.1, 0.15) is 0 Å². The van der Waals surface area contributed by atoms with Gasteiger partial charge in [0.2, 0.25) is 10.0 Å². The molecule has 0 saturated carbocycles. The van der Waals surface area contributed by atoms with Crippen molar-refractivity contribution in [2.45, 2.75) is 30.2 Å². The fraction of sp³-hybridized carbons (Fsp3) is 0.538. The smallest absolute Gasteiger partial charge is 0.241 e. The Balaban J connectivity index is 2.30. The predicted molar refractivity (Wildman–Crippen MR) is 76.4 cm³/mol. The molecule has 1 fully saturated rings. The molecule has 0 radical (unpaired) electrons. The standard InChI is InChI=1S/C13H18ClNO4S/c1-10-8-11(14)2-3-12(10)20(17,18)15-13(9-16)4-6-19-7-5-13/h2-3,8,15-16H,4-7,9H2,1H3. The zero-order chi connectivity index (χ0) is 14.8. The number of hydrogen-bond donors (Lipinski definition) is 2. The Morgan fingerprint density at radius 3 is 2.60 bits per heavy atom. The summed E-state index contributed by atoms with van der Waals surface area (Å²) in [5.74, 6) is 0. The fourth-order valence-electron chi connectivity index (χ4n) is 2.31. The van der Waals surface area contributed by atoms with E-state index in [1.54, 1.807) is 19.1 Å². The molecule has 0 amide bonds. The number of aliphatic hydroxyl groups excluding tert-OH is 1. The molecule has 2 N–H and O–H groups in total. The SMILES string of the molecule is Cc1cc(Cl)ccc1S(=O)(=O)NC1(CO)CCOCC1. The lowest BCUT2D eigenvalue weighted by Crippen LogP contribution is -2.54. The van der Waals surface area contributed by atoms with Crippen molar-refractivity contribution in [3.63, 3.8) is 0 Å². The summed E-state index contributed by atoms with van der Waals surface area (Å²) in [5.41, 5.74) is -0.270. The van der Waals surface area contributed by atoms with Crippen molar-refractivity contribution in [1.29, 1.82) is 0 Å². The van der Waals surface area contributed by atoms with Crippen LogP contribution in [0.3, 0.4) is 0 Å². The summed E-state index contributed by atoms with van der Waals surface area (Å²) in [7, 11) is -3.70. The van der Waals surface area contributed by atoms with Crippen LogP contribution in [0.25, 0.3) is 0 Å². The van der Waals surface area contributed by atoms with Crippen LogP contribution < -0.4 is 4.72 Å². The first kappa shape index (κ1) is 15.7. The summed E-state index contributed by atoms with van der Waals surface area (Å²) in [6.45, 7) is 2.31. The minimum Gasteiger partial charge on any atom is -0.394 e. The highest BCUT2D eigenvalue weighted by atomic mass is 35.5. The number of aliphatic hydroxyl groups is 1. The molecule has 112 valence electrons. The average Bonchev–Trinajstić information content (AvgIpc) is 2.38. The number of benzene rings is 1. The lowest BCUT2D eigenvalue weighted by Gasteiger charge is -2.36. The molecule has 0 atom stereocenters. The molecule has 1 saturated heterocycles. The maximum Gasteiger partial charge on any atom is 0.241 e. The highest BCUT2D eigenvalue weighted by Crippen LogP contribution is 2.25. The van der Waals surface area contributed by atoms with Crippen molar-refractivity contribution in [2.75, 3.05) is 19.8 Å². The van der Waals surface area contributed by atoms with Gasteiger partial charge in [0.15, 0.2) is 0 Å². The van der Waals surface area contributed by atoms with Gasteiger partial charge in [-0.05, 0) is 43.5 Å². The minimum atomic E-state index is -3.70. The van der Waals surface area contributed by atoms with Crippen LogP contribution in [0, 0.1) is 6.92 Å². The van der Waals surface area contributed by atoms with Crippen LogP contribution in [0.15, 0.2) is 23.1 Å². The van der Waals surface area contributed by atoms with Gasteiger partial charge in [-0.1, -0.05) is 11.6 Å². The first-order chi connectivity index (χ1) is 9.38. The van der Waals surface area contributed by atoms with Crippen molar-refractivity contribution in [3.8, 4) is 0 Å². The van der Waals surface area contributed by atoms with E-state index >= 15 is 0 Å². The largest absolute Gasteiger partial charge is 0.394 e. The van der Waals surface area contributed by atoms with Gasteiger partial charge in [-0.2, -0.15) is 0 Å². The summed E-state index contributed by atoms with van der Waals surface area (Å²) >= 11 is 5.84. The van der Waals surface area contributed by atoms with E-state index < -0.39 is 15.6 Å². The zero-order valence-electron chi connectivity index (χ0n) is 11.2. The lowest BCUT2D eigenvalue weighted by atomic mass is 9.93. The number of rotatable bonds is 4. The maximum atomic E-state index is 12.5. The van der Waals surface area contributed by atoms with E-state index in [0.29, 0.717) is 36.6 Å². The lowest BCUT2D eigenvalue weighted by molar-refractivity contribution is 0.0223. The van der Waals surface area contributed by atoms with Gasteiger partial charge in [0.05, 0.1) is 17.0 Å². The van der Waals surface area contributed by atoms with Crippen molar-refractivity contribution < 1.29 is 18.3 Å². The topological polar surface area (TPSA) is 75.6 Å². The second-order valence-electron chi connectivity index (χ2n) is 5.07. The number of hydrogen-bond acceptors (Lipinski definition) is 4. The molecular weight excluding hydrogens is 302 g/mol. The quantitative estimate of drug-likeness (QED) is 0.881. The summed E-state index contributed by atoms with van der Waals surface area (Å²) in [5, 5.41) is 10.1. The summed E-state index contributed by atoms with van der Waals surface area (Å²) in [6.07, 6.45) is 0.907. The number of aryl methyl sites for hydroxylation is 1. The van der Waals surface area contributed by atoms with E-state index in [-0.39, 0.29) is 11.5 Å². The van der Waals surface area contributed by atoms with Crippen LogP contribution in [0.2, 0.25) is 5.02 Å². The van der Waals surface area contributed by atoms with Crippen LogP contribution in [-0.2, 0) is 14.8 Å². The molecule has 1 aliphatic rings. The molecule has 1 aromatic rings. The van der Waals surface area contributed by atoms with Gasteiger partial charge in [0, 0.05) is 18.2 Å². The Kier molecular flexibility index (Phi) is 4.71. The highest BCUT2D eigenvalue weighted by molar-refractivity contribution is 7.89. The van der Waals surface area contributed by atoms with Crippen LogP contribution in [0.4, 0.5) is 0 Å².